The first kappa shape index (κ1) is 22.3. The SMILES string of the molecule is CC[C@H](C)NC(=O)[C@@H](C)N(Cc1ccc(Cl)c(Cl)c1)C(=O)Cc1ccccc1. The van der Waals surface area contributed by atoms with Crippen molar-refractivity contribution in [2.45, 2.75) is 52.2 Å². The Morgan fingerprint density at radius 2 is 1.68 bits per heavy atom. The van der Waals surface area contributed by atoms with Crippen LogP contribution in [0.1, 0.15) is 38.3 Å². The van der Waals surface area contributed by atoms with E-state index in [0.717, 1.165) is 17.5 Å². The van der Waals surface area contributed by atoms with Crippen molar-refractivity contribution in [2.75, 3.05) is 0 Å². The lowest BCUT2D eigenvalue weighted by Crippen LogP contribution is -2.49. The molecule has 0 spiro atoms. The highest BCUT2D eigenvalue weighted by atomic mass is 35.5. The monoisotopic (exact) mass is 420 g/mol. The number of carbonyl (C=O) groups is 2. The number of nitrogens with one attached hydrogen (secondary N) is 1. The number of hydrogen-bond donors (Lipinski definition) is 1. The fraction of sp³-hybridized carbons (Fsp3) is 0.364. The largest absolute Gasteiger partial charge is 0.352 e. The Bertz CT molecular complexity index is 811. The van der Waals surface area contributed by atoms with E-state index in [1.54, 1.807) is 24.0 Å². The van der Waals surface area contributed by atoms with Crippen molar-refractivity contribution in [1.29, 1.82) is 0 Å². The van der Waals surface area contributed by atoms with Gasteiger partial charge >= 0.3 is 0 Å². The summed E-state index contributed by atoms with van der Waals surface area (Å²) < 4.78 is 0. The minimum absolute atomic E-state index is 0.0472. The van der Waals surface area contributed by atoms with E-state index in [9.17, 15) is 9.59 Å². The number of carbonyl (C=O) groups excluding carboxylic acids is 2. The number of hydrogen-bond acceptors (Lipinski definition) is 2. The zero-order chi connectivity index (χ0) is 20.7. The third kappa shape index (κ3) is 6.25. The zero-order valence-electron chi connectivity index (χ0n) is 16.4. The molecule has 0 bridgehead atoms. The molecule has 0 fully saturated rings. The number of halogens is 2. The summed E-state index contributed by atoms with van der Waals surface area (Å²) in [7, 11) is 0. The standard InChI is InChI=1S/C22H26Cl2N2O2/c1-4-15(2)25-22(28)16(3)26(14-18-10-11-19(23)20(24)12-18)21(27)13-17-8-6-5-7-9-17/h5-12,15-16H,4,13-14H2,1-3H3,(H,25,28)/t15-,16+/m0/s1. The second-order valence-corrected chi connectivity index (χ2v) is 7.74. The Balaban J connectivity index is 2.24. The van der Waals surface area contributed by atoms with Crippen molar-refractivity contribution >= 4 is 35.0 Å². The van der Waals surface area contributed by atoms with E-state index in [1.807, 2.05) is 50.2 Å². The molecular formula is C22H26Cl2N2O2. The lowest BCUT2D eigenvalue weighted by molar-refractivity contribution is -0.140. The minimum Gasteiger partial charge on any atom is -0.352 e. The summed E-state index contributed by atoms with van der Waals surface area (Å²) >= 11 is 12.1. The fourth-order valence-electron chi connectivity index (χ4n) is 2.75. The molecule has 28 heavy (non-hydrogen) atoms. The zero-order valence-corrected chi connectivity index (χ0v) is 17.9. The molecule has 0 aromatic heterocycles. The van der Waals surface area contributed by atoms with Gasteiger partial charge in [-0.15, -0.1) is 0 Å². The van der Waals surface area contributed by atoms with Gasteiger partial charge in [0.05, 0.1) is 16.5 Å². The van der Waals surface area contributed by atoms with Crippen LogP contribution in [0.2, 0.25) is 10.0 Å². The molecule has 4 nitrogen and oxygen atoms in total. The molecule has 0 saturated heterocycles. The van der Waals surface area contributed by atoms with Crippen LogP contribution in [-0.2, 0) is 22.6 Å². The van der Waals surface area contributed by atoms with Crippen LogP contribution in [0.25, 0.3) is 0 Å². The molecule has 1 N–H and O–H groups in total. The van der Waals surface area contributed by atoms with Gasteiger partial charge in [0.15, 0.2) is 0 Å². The molecule has 2 aromatic carbocycles. The molecule has 2 aromatic rings. The fourth-order valence-corrected chi connectivity index (χ4v) is 3.08. The lowest BCUT2D eigenvalue weighted by atomic mass is 10.1. The smallest absolute Gasteiger partial charge is 0.242 e. The van der Waals surface area contributed by atoms with Gasteiger partial charge < -0.3 is 10.2 Å². The van der Waals surface area contributed by atoms with Gasteiger partial charge in [-0.3, -0.25) is 9.59 Å². The van der Waals surface area contributed by atoms with Crippen molar-refractivity contribution in [1.82, 2.24) is 10.2 Å². The number of amides is 2. The van der Waals surface area contributed by atoms with Crippen LogP contribution >= 0.6 is 23.2 Å². The third-order valence-corrected chi connectivity index (χ3v) is 5.44. The first-order valence-corrected chi connectivity index (χ1v) is 10.1. The highest BCUT2D eigenvalue weighted by Gasteiger charge is 2.27. The molecule has 2 rings (SSSR count). The normalized spacial score (nSPS) is 12.9. The van der Waals surface area contributed by atoms with Gasteiger partial charge in [-0.05, 0) is 43.5 Å². The number of benzene rings is 2. The maximum Gasteiger partial charge on any atom is 0.242 e. The predicted molar refractivity (Wildman–Crippen MR) is 115 cm³/mol. The quantitative estimate of drug-likeness (QED) is 0.661. The van der Waals surface area contributed by atoms with Crippen LogP contribution in [-0.4, -0.2) is 28.8 Å². The Kier molecular flexibility index (Phi) is 8.34. The van der Waals surface area contributed by atoms with Gasteiger partial charge in [0.1, 0.15) is 6.04 Å². The Hall–Kier alpha value is -2.04. The van der Waals surface area contributed by atoms with Gasteiger partial charge in [0, 0.05) is 12.6 Å². The topological polar surface area (TPSA) is 49.4 Å². The van der Waals surface area contributed by atoms with E-state index >= 15 is 0 Å². The van der Waals surface area contributed by atoms with Crippen molar-refractivity contribution in [3.8, 4) is 0 Å². The highest BCUT2D eigenvalue weighted by molar-refractivity contribution is 6.42. The maximum absolute atomic E-state index is 13.1. The van der Waals surface area contributed by atoms with Crippen molar-refractivity contribution in [3.05, 3.63) is 69.7 Å². The molecule has 2 amide bonds. The van der Waals surface area contributed by atoms with Crippen molar-refractivity contribution in [2.24, 2.45) is 0 Å². The van der Waals surface area contributed by atoms with E-state index in [4.69, 9.17) is 23.2 Å². The van der Waals surface area contributed by atoms with Crippen molar-refractivity contribution in [3.63, 3.8) is 0 Å². The Labute approximate surface area is 176 Å². The van der Waals surface area contributed by atoms with Gasteiger partial charge in [0.25, 0.3) is 0 Å². The molecule has 6 heteroatoms. The van der Waals surface area contributed by atoms with E-state index in [-0.39, 0.29) is 30.8 Å². The van der Waals surface area contributed by atoms with E-state index < -0.39 is 6.04 Å². The van der Waals surface area contributed by atoms with Crippen LogP contribution in [0.4, 0.5) is 0 Å². The number of rotatable bonds is 8. The van der Waals surface area contributed by atoms with Crippen LogP contribution in [0, 0.1) is 0 Å². The Morgan fingerprint density at radius 3 is 2.29 bits per heavy atom. The minimum atomic E-state index is -0.611. The van der Waals surface area contributed by atoms with Crippen LogP contribution < -0.4 is 5.32 Å². The average Bonchev–Trinajstić information content (AvgIpc) is 2.68. The van der Waals surface area contributed by atoms with E-state index in [0.29, 0.717) is 10.0 Å². The first-order chi connectivity index (χ1) is 13.3. The number of nitrogens with zero attached hydrogens (tertiary/aromatic N) is 1. The van der Waals surface area contributed by atoms with Crippen LogP contribution in [0.3, 0.4) is 0 Å². The van der Waals surface area contributed by atoms with Crippen molar-refractivity contribution < 1.29 is 9.59 Å². The first-order valence-electron chi connectivity index (χ1n) is 9.39. The van der Waals surface area contributed by atoms with E-state index in [2.05, 4.69) is 5.32 Å². The third-order valence-electron chi connectivity index (χ3n) is 4.70. The molecule has 0 aliphatic carbocycles. The van der Waals surface area contributed by atoms with Crippen LogP contribution in [0.5, 0.6) is 0 Å². The summed E-state index contributed by atoms with van der Waals surface area (Å²) in [6.07, 6.45) is 1.05. The summed E-state index contributed by atoms with van der Waals surface area (Å²) in [5, 5.41) is 3.83. The lowest BCUT2D eigenvalue weighted by Gasteiger charge is -2.30. The summed E-state index contributed by atoms with van der Waals surface area (Å²) in [6.45, 7) is 5.97. The summed E-state index contributed by atoms with van der Waals surface area (Å²) in [5.41, 5.74) is 1.72. The molecule has 150 valence electrons. The molecule has 0 unspecified atom stereocenters. The molecule has 0 saturated carbocycles. The molecule has 2 atom stereocenters. The summed E-state index contributed by atoms with van der Waals surface area (Å²) in [6, 6.07) is 14.2. The molecule has 0 aliphatic heterocycles. The maximum atomic E-state index is 13.1. The molecular weight excluding hydrogens is 395 g/mol. The van der Waals surface area contributed by atoms with Crippen LogP contribution in [0.15, 0.2) is 48.5 Å². The molecule has 0 heterocycles. The van der Waals surface area contributed by atoms with Gasteiger partial charge in [-0.1, -0.05) is 66.5 Å². The van der Waals surface area contributed by atoms with E-state index in [1.165, 1.54) is 0 Å². The summed E-state index contributed by atoms with van der Waals surface area (Å²) in [4.78, 5) is 27.3. The van der Waals surface area contributed by atoms with Gasteiger partial charge in [-0.2, -0.15) is 0 Å². The second kappa shape index (κ2) is 10.5. The van der Waals surface area contributed by atoms with Gasteiger partial charge in [0.2, 0.25) is 11.8 Å². The second-order valence-electron chi connectivity index (χ2n) is 6.93. The predicted octanol–water partition coefficient (Wildman–Crippen LogP) is 4.87. The van der Waals surface area contributed by atoms with Gasteiger partial charge in [-0.25, -0.2) is 0 Å². The molecule has 0 aliphatic rings. The summed E-state index contributed by atoms with van der Waals surface area (Å²) in [5.74, 6) is -0.292. The Morgan fingerprint density at radius 1 is 1.00 bits per heavy atom. The highest BCUT2D eigenvalue weighted by Crippen LogP contribution is 2.24. The average molecular weight is 421 g/mol. The molecule has 0 radical (unpaired) electrons.